The minimum atomic E-state index is -0.976. The summed E-state index contributed by atoms with van der Waals surface area (Å²) in [6.45, 7) is 7.12. The molecule has 0 radical (unpaired) electrons. The number of nitrogens with zero attached hydrogens (tertiary/aromatic N) is 3. The molecule has 178 valence electrons. The number of carbonyl (C=O) groups is 1. The first-order valence-corrected chi connectivity index (χ1v) is 12.1. The average molecular weight is 461 g/mol. The Hall–Kier alpha value is -3.19. The molecule has 0 amide bonds. The maximum Gasteiger partial charge on any atom is 0.337 e. The van der Waals surface area contributed by atoms with Crippen molar-refractivity contribution < 1.29 is 9.90 Å². The molecule has 5 rings (SSSR count). The quantitative estimate of drug-likeness (QED) is 0.546. The third-order valence-electron chi connectivity index (χ3n) is 7.24. The van der Waals surface area contributed by atoms with Gasteiger partial charge < -0.3 is 15.3 Å². The molecule has 1 saturated carbocycles. The molecule has 0 bridgehead atoms. The molecule has 2 heterocycles. The van der Waals surface area contributed by atoms with Gasteiger partial charge in [-0.2, -0.15) is 0 Å². The van der Waals surface area contributed by atoms with Crippen LogP contribution in [0.25, 0.3) is 10.9 Å². The largest absolute Gasteiger partial charge is 0.478 e. The highest BCUT2D eigenvalue weighted by molar-refractivity contribution is 5.94. The van der Waals surface area contributed by atoms with Crippen molar-refractivity contribution in [1.29, 1.82) is 0 Å². The van der Waals surface area contributed by atoms with Crippen LogP contribution in [0.3, 0.4) is 0 Å². The predicted molar refractivity (Wildman–Crippen MR) is 134 cm³/mol. The van der Waals surface area contributed by atoms with Crippen LogP contribution in [0.4, 0.5) is 5.69 Å². The number of nitrogens with one attached hydrogen (secondary N) is 1. The second-order valence-electron chi connectivity index (χ2n) is 9.99. The van der Waals surface area contributed by atoms with E-state index in [1.807, 2.05) is 39.1 Å². The van der Waals surface area contributed by atoms with E-state index in [2.05, 4.69) is 10.2 Å². The summed E-state index contributed by atoms with van der Waals surface area (Å²) in [5.74, 6) is 0.961. The molecule has 2 N–H and O–H groups in total. The highest BCUT2D eigenvalue weighted by Crippen LogP contribution is 2.34. The zero-order valence-electron chi connectivity index (χ0n) is 20.0. The smallest absolute Gasteiger partial charge is 0.337 e. The van der Waals surface area contributed by atoms with Crippen molar-refractivity contribution in [3.05, 3.63) is 69.3 Å². The van der Waals surface area contributed by atoms with Gasteiger partial charge in [0, 0.05) is 37.3 Å². The molecule has 3 aromatic rings. The fraction of sp³-hybridized carbons (Fsp3) is 0.444. The van der Waals surface area contributed by atoms with Crippen molar-refractivity contribution in [3.8, 4) is 0 Å². The van der Waals surface area contributed by atoms with Gasteiger partial charge >= 0.3 is 5.97 Å². The zero-order chi connectivity index (χ0) is 24.0. The van der Waals surface area contributed by atoms with E-state index in [-0.39, 0.29) is 23.1 Å². The lowest BCUT2D eigenvalue weighted by Gasteiger charge is -2.21. The summed E-state index contributed by atoms with van der Waals surface area (Å²) >= 11 is 0. The van der Waals surface area contributed by atoms with E-state index in [0.29, 0.717) is 16.6 Å². The lowest BCUT2D eigenvalue weighted by molar-refractivity contribution is 0.0698. The number of aryl methyl sites for hydroxylation is 1. The molecule has 2 atom stereocenters. The summed E-state index contributed by atoms with van der Waals surface area (Å²) in [5, 5.41) is 13.5. The SMILES string of the molecule is Cc1cc([C@@H](C)Nc2ccccc2C(=O)O)c2nc([C@@H]3CCN(CC4CC4)C3)n(C)c(=O)c2c1. The van der Waals surface area contributed by atoms with Gasteiger partial charge in [0.2, 0.25) is 0 Å². The van der Waals surface area contributed by atoms with Gasteiger partial charge in [-0.05, 0) is 69.3 Å². The minimum Gasteiger partial charge on any atom is -0.478 e. The first-order chi connectivity index (χ1) is 16.3. The first kappa shape index (κ1) is 22.6. The third kappa shape index (κ3) is 4.32. The number of carboxylic acids is 1. The van der Waals surface area contributed by atoms with Gasteiger partial charge in [0.1, 0.15) is 5.82 Å². The molecule has 1 aromatic heterocycles. The normalized spacial score (nSPS) is 19.4. The molecule has 2 aromatic carbocycles. The fourth-order valence-corrected chi connectivity index (χ4v) is 5.25. The number of anilines is 1. The van der Waals surface area contributed by atoms with Crippen LogP contribution < -0.4 is 10.9 Å². The Labute approximate surface area is 199 Å². The Kier molecular flexibility index (Phi) is 5.90. The summed E-state index contributed by atoms with van der Waals surface area (Å²) < 4.78 is 1.73. The Morgan fingerprint density at radius 1 is 1.24 bits per heavy atom. The van der Waals surface area contributed by atoms with Crippen molar-refractivity contribution in [3.63, 3.8) is 0 Å². The summed E-state index contributed by atoms with van der Waals surface area (Å²) in [6.07, 6.45) is 3.69. The lowest BCUT2D eigenvalue weighted by Crippen LogP contribution is -2.27. The second-order valence-corrected chi connectivity index (χ2v) is 9.99. The Morgan fingerprint density at radius 2 is 2.00 bits per heavy atom. The number of hydrogen-bond donors (Lipinski definition) is 2. The van der Waals surface area contributed by atoms with Crippen LogP contribution in [-0.4, -0.2) is 45.2 Å². The molecule has 1 saturated heterocycles. The molecule has 2 aliphatic rings. The van der Waals surface area contributed by atoms with E-state index < -0.39 is 5.97 Å². The van der Waals surface area contributed by atoms with Crippen LogP contribution in [0, 0.1) is 12.8 Å². The molecule has 7 nitrogen and oxygen atoms in total. The standard InChI is InChI=1S/C27H32N4O3/c1-16-12-21(17(2)28-23-7-5-4-6-20(23)27(33)34)24-22(13-16)26(32)30(3)25(29-24)19-10-11-31(15-19)14-18-8-9-18/h4-7,12-13,17-19,28H,8-11,14-15H2,1-3H3,(H,33,34)/t17-,19-/m1/s1. The van der Waals surface area contributed by atoms with Gasteiger partial charge in [0.05, 0.1) is 22.5 Å². The summed E-state index contributed by atoms with van der Waals surface area (Å²) in [7, 11) is 1.83. The number of carboxylic acid groups (broad SMARTS) is 1. The van der Waals surface area contributed by atoms with E-state index >= 15 is 0 Å². The number of likely N-dealkylation sites (tertiary alicyclic amines) is 1. The maximum absolute atomic E-state index is 13.4. The fourth-order valence-electron chi connectivity index (χ4n) is 5.25. The highest BCUT2D eigenvalue weighted by atomic mass is 16.4. The summed E-state index contributed by atoms with van der Waals surface area (Å²) in [6, 6.07) is 10.6. The lowest BCUT2D eigenvalue weighted by atomic mass is 9.99. The van der Waals surface area contributed by atoms with Gasteiger partial charge in [0.15, 0.2) is 0 Å². The van der Waals surface area contributed by atoms with Crippen LogP contribution in [-0.2, 0) is 7.05 Å². The van der Waals surface area contributed by atoms with Gasteiger partial charge in [-0.15, -0.1) is 0 Å². The number of fused-ring (bicyclic) bond motifs is 1. The van der Waals surface area contributed by atoms with Crippen LogP contribution >= 0.6 is 0 Å². The van der Waals surface area contributed by atoms with E-state index in [1.54, 1.807) is 22.8 Å². The Bertz CT molecular complexity index is 1310. The number of rotatable bonds is 7. The van der Waals surface area contributed by atoms with E-state index in [1.165, 1.54) is 12.8 Å². The van der Waals surface area contributed by atoms with Crippen LogP contribution in [0.1, 0.15) is 65.5 Å². The van der Waals surface area contributed by atoms with E-state index in [0.717, 1.165) is 48.9 Å². The maximum atomic E-state index is 13.4. The zero-order valence-corrected chi connectivity index (χ0v) is 20.0. The van der Waals surface area contributed by atoms with Gasteiger partial charge in [-0.25, -0.2) is 9.78 Å². The number of aromatic nitrogens is 2. The van der Waals surface area contributed by atoms with Gasteiger partial charge in [-0.1, -0.05) is 18.2 Å². The molecule has 1 aliphatic carbocycles. The summed E-state index contributed by atoms with van der Waals surface area (Å²) in [4.78, 5) is 32.7. The van der Waals surface area contributed by atoms with E-state index in [4.69, 9.17) is 4.98 Å². The topological polar surface area (TPSA) is 87.5 Å². The van der Waals surface area contributed by atoms with Crippen LogP contribution in [0.2, 0.25) is 0 Å². The second kappa shape index (κ2) is 8.87. The van der Waals surface area contributed by atoms with Crippen molar-refractivity contribution in [2.24, 2.45) is 13.0 Å². The van der Waals surface area contributed by atoms with Crippen molar-refractivity contribution in [2.45, 2.75) is 45.1 Å². The van der Waals surface area contributed by atoms with Crippen LogP contribution in [0.5, 0.6) is 0 Å². The molecular weight excluding hydrogens is 428 g/mol. The molecule has 34 heavy (non-hydrogen) atoms. The predicted octanol–water partition coefficient (Wildman–Crippen LogP) is 4.31. The summed E-state index contributed by atoms with van der Waals surface area (Å²) in [5.41, 5.74) is 3.33. The number of benzene rings is 2. The van der Waals surface area contributed by atoms with E-state index in [9.17, 15) is 14.7 Å². The highest BCUT2D eigenvalue weighted by Gasteiger charge is 2.32. The molecule has 0 unspecified atom stereocenters. The van der Waals surface area contributed by atoms with Crippen LogP contribution in [0.15, 0.2) is 41.2 Å². The third-order valence-corrected chi connectivity index (χ3v) is 7.24. The van der Waals surface area contributed by atoms with Crippen molar-refractivity contribution in [2.75, 3.05) is 25.0 Å². The Balaban J connectivity index is 1.53. The van der Waals surface area contributed by atoms with Gasteiger partial charge in [-0.3, -0.25) is 9.36 Å². The Morgan fingerprint density at radius 3 is 2.74 bits per heavy atom. The first-order valence-electron chi connectivity index (χ1n) is 12.1. The van der Waals surface area contributed by atoms with Crippen molar-refractivity contribution >= 4 is 22.6 Å². The number of hydrogen-bond acceptors (Lipinski definition) is 5. The minimum absolute atomic E-state index is 0.0243. The molecule has 0 spiro atoms. The number of aromatic carboxylic acids is 1. The molecule has 2 fully saturated rings. The monoisotopic (exact) mass is 460 g/mol. The molecule has 1 aliphatic heterocycles. The number of para-hydroxylation sites is 1. The average Bonchev–Trinajstić information content (AvgIpc) is 3.51. The van der Waals surface area contributed by atoms with Gasteiger partial charge in [0.25, 0.3) is 5.56 Å². The molecule has 7 heteroatoms. The van der Waals surface area contributed by atoms with Crippen molar-refractivity contribution in [1.82, 2.24) is 14.5 Å². The molecular formula is C27H32N4O3.